The number of nitrogens with zero attached hydrogens (tertiary/aromatic N) is 2. The van der Waals surface area contributed by atoms with Crippen molar-refractivity contribution >= 4 is 0 Å². The van der Waals surface area contributed by atoms with Crippen LogP contribution >= 0.6 is 0 Å². The zero-order chi connectivity index (χ0) is 11.4. The van der Waals surface area contributed by atoms with E-state index in [-0.39, 0.29) is 0 Å². The summed E-state index contributed by atoms with van der Waals surface area (Å²) >= 11 is 0. The van der Waals surface area contributed by atoms with Gasteiger partial charge < -0.3 is 5.73 Å². The lowest BCUT2D eigenvalue weighted by atomic mass is 9.90. The average Bonchev–Trinajstić information content (AvgIpc) is 2.33. The second-order valence-corrected chi connectivity index (χ2v) is 4.71. The van der Waals surface area contributed by atoms with Crippen molar-refractivity contribution < 1.29 is 0 Å². The van der Waals surface area contributed by atoms with Crippen molar-refractivity contribution in [2.75, 3.05) is 13.1 Å². The lowest BCUT2D eigenvalue weighted by molar-refractivity contribution is 0.145. The Bertz CT molecular complexity index is 312. The van der Waals surface area contributed by atoms with E-state index in [1.807, 2.05) is 12.4 Å². The quantitative estimate of drug-likeness (QED) is 0.840. The van der Waals surface area contributed by atoms with Gasteiger partial charge in [-0.1, -0.05) is 13.3 Å². The van der Waals surface area contributed by atoms with Crippen LogP contribution in [-0.2, 0) is 6.54 Å². The number of likely N-dealkylation sites (tertiary alicyclic amines) is 1. The number of nitrogens with two attached hydrogens (primary N) is 1. The van der Waals surface area contributed by atoms with E-state index in [1.165, 1.54) is 12.0 Å². The third-order valence-corrected chi connectivity index (χ3v) is 3.56. The predicted molar refractivity (Wildman–Crippen MR) is 65.9 cm³/mol. The van der Waals surface area contributed by atoms with Crippen LogP contribution < -0.4 is 5.73 Å². The van der Waals surface area contributed by atoms with E-state index in [0.717, 1.165) is 26.1 Å². The van der Waals surface area contributed by atoms with Crippen molar-refractivity contribution in [1.29, 1.82) is 0 Å². The Balaban J connectivity index is 1.92. The third kappa shape index (κ3) is 2.80. The van der Waals surface area contributed by atoms with Gasteiger partial charge in [-0.05, 0) is 36.6 Å². The van der Waals surface area contributed by atoms with E-state index in [2.05, 4.69) is 28.9 Å². The number of hydrogen-bond acceptors (Lipinski definition) is 3. The molecule has 0 spiro atoms. The van der Waals surface area contributed by atoms with Crippen molar-refractivity contribution in [1.82, 2.24) is 9.88 Å². The minimum absolute atomic E-state index is 0.402. The van der Waals surface area contributed by atoms with E-state index in [0.29, 0.717) is 12.0 Å². The molecule has 0 aliphatic carbocycles. The Labute approximate surface area is 97.7 Å². The number of piperidine rings is 1. The Morgan fingerprint density at radius 1 is 1.44 bits per heavy atom. The zero-order valence-corrected chi connectivity index (χ0v) is 9.97. The van der Waals surface area contributed by atoms with Crippen LogP contribution in [0.4, 0.5) is 0 Å². The largest absolute Gasteiger partial charge is 0.327 e. The molecule has 2 unspecified atom stereocenters. The summed E-state index contributed by atoms with van der Waals surface area (Å²) in [4.78, 5) is 6.55. The second kappa shape index (κ2) is 5.41. The van der Waals surface area contributed by atoms with Gasteiger partial charge in [0.15, 0.2) is 0 Å². The van der Waals surface area contributed by atoms with Gasteiger partial charge in [0.2, 0.25) is 0 Å². The summed E-state index contributed by atoms with van der Waals surface area (Å²) in [7, 11) is 0. The van der Waals surface area contributed by atoms with E-state index in [4.69, 9.17) is 5.73 Å². The van der Waals surface area contributed by atoms with Crippen LogP contribution in [0.3, 0.4) is 0 Å². The summed E-state index contributed by atoms with van der Waals surface area (Å²) in [5.74, 6) is 0.663. The molecule has 1 fully saturated rings. The maximum Gasteiger partial charge on any atom is 0.0271 e. The number of hydrogen-bond donors (Lipinski definition) is 1. The van der Waals surface area contributed by atoms with Crippen molar-refractivity contribution in [3.05, 3.63) is 30.1 Å². The molecule has 0 amide bonds. The molecule has 0 aromatic carbocycles. The zero-order valence-electron chi connectivity index (χ0n) is 9.97. The number of pyridine rings is 1. The average molecular weight is 219 g/mol. The lowest BCUT2D eigenvalue weighted by Crippen LogP contribution is -2.46. The Kier molecular flexibility index (Phi) is 3.91. The first-order chi connectivity index (χ1) is 7.79. The molecule has 3 nitrogen and oxygen atoms in total. The van der Waals surface area contributed by atoms with Gasteiger partial charge in [-0.25, -0.2) is 0 Å². The maximum atomic E-state index is 6.11. The molecule has 1 aromatic heterocycles. The first kappa shape index (κ1) is 11.6. The van der Waals surface area contributed by atoms with Gasteiger partial charge in [0, 0.05) is 31.5 Å². The molecule has 1 aromatic rings. The van der Waals surface area contributed by atoms with Crippen LogP contribution in [0.1, 0.15) is 25.3 Å². The molecule has 16 heavy (non-hydrogen) atoms. The monoisotopic (exact) mass is 219 g/mol. The first-order valence-electron chi connectivity index (χ1n) is 6.16. The van der Waals surface area contributed by atoms with E-state index in [9.17, 15) is 0 Å². The highest BCUT2D eigenvalue weighted by Gasteiger charge is 2.24. The normalized spacial score (nSPS) is 26.9. The highest BCUT2D eigenvalue weighted by Crippen LogP contribution is 2.19. The van der Waals surface area contributed by atoms with Gasteiger partial charge >= 0.3 is 0 Å². The molecule has 3 heteroatoms. The molecule has 0 saturated carbocycles. The molecule has 1 saturated heterocycles. The van der Waals surface area contributed by atoms with Crippen molar-refractivity contribution in [3.63, 3.8) is 0 Å². The lowest BCUT2D eigenvalue weighted by Gasteiger charge is -2.36. The summed E-state index contributed by atoms with van der Waals surface area (Å²) < 4.78 is 0. The van der Waals surface area contributed by atoms with Gasteiger partial charge in [0.05, 0.1) is 0 Å². The Morgan fingerprint density at radius 3 is 2.88 bits per heavy atom. The topological polar surface area (TPSA) is 42.2 Å². The SMILES string of the molecule is CCC1CN(Cc2ccncc2)CCC1N. The fourth-order valence-electron chi connectivity index (χ4n) is 2.45. The molecule has 2 atom stereocenters. The van der Waals surface area contributed by atoms with Crippen LogP contribution in [0.2, 0.25) is 0 Å². The fraction of sp³-hybridized carbons (Fsp3) is 0.615. The van der Waals surface area contributed by atoms with Gasteiger partial charge in [0.1, 0.15) is 0 Å². The van der Waals surface area contributed by atoms with Crippen molar-refractivity contribution in [2.45, 2.75) is 32.4 Å². The van der Waals surface area contributed by atoms with Gasteiger partial charge in [-0.15, -0.1) is 0 Å². The Hall–Kier alpha value is -0.930. The van der Waals surface area contributed by atoms with E-state index in [1.54, 1.807) is 0 Å². The minimum atomic E-state index is 0.402. The molecular weight excluding hydrogens is 198 g/mol. The summed E-state index contributed by atoms with van der Waals surface area (Å²) in [6, 6.07) is 4.59. The summed E-state index contributed by atoms with van der Waals surface area (Å²) in [6.07, 6.45) is 6.04. The number of aromatic nitrogens is 1. The fourth-order valence-corrected chi connectivity index (χ4v) is 2.45. The van der Waals surface area contributed by atoms with Gasteiger partial charge in [-0.3, -0.25) is 9.88 Å². The molecule has 0 bridgehead atoms. The predicted octanol–water partition coefficient (Wildman–Crippen LogP) is 1.64. The molecule has 2 rings (SSSR count). The molecule has 2 N–H and O–H groups in total. The molecule has 0 radical (unpaired) electrons. The van der Waals surface area contributed by atoms with Gasteiger partial charge in [-0.2, -0.15) is 0 Å². The van der Waals surface area contributed by atoms with Crippen LogP contribution in [-0.4, -0.2) is 29.0 Å². The Morgan fingerprint density at radius 2 is 2.19 bits per heavy atom. The second-order valence-electron chi connectivity index (χ2n) is 4.71. The smallest absolute Gasteiger partial charge is 0.0271 e. The molecule has 1 aliphatic rings. The summed E-state index contributed by atoms with van der Waals surface area (Å²) in [5, 5.41) is 0. The molecule has 2 heterocycles. The molecular formula is C13H21N3. The summed E-state index contributed by atoms with van der Waals surface area (Å²) in [5.41, 5.74) is 7.46. The maximum absolute atomic E-state index is 6.11. The van der Waals surface area contributed by atoms with Crippen molar-refractivity contribution in [3.8, 4) is 0 Å². The molecule has 1 aliphatic heterocycles. The number of rotatable bonds is 3. The summed E-state index contributed by atoms with van der Waals surface area (Å²) in [6.45, 7) is 5.53. The van der Waals surface area contributed by atoms with E-state index >= 15 is 0 Å². The van der Waals surface area contributed by atoms with Crippen LogP contribution in [0, 0.1) is 5.92 Å². The first-order valence-corrected chi connectivity index (χ1v) is 6.16. The van der Waals surface area contributed by atoms with Gasteiger partial charge in [0.25, 0.3) is 0 Å². The van der Waals surface area contributed by atoms with E-state index < -0.39 is 0 Å². The van der Waals surface area contributed by atoms with Crippen LogP contribution in [0.5, 0.6) is 0 Å². The van der Waals surface area contributed by atoms with Crippen molar-refractivity contribution in [2.24, 2.45) is 11.7 Å². The third-order valence-electron chi connectivity index (χ3n) is 3.56. The molecule has 88 valence electrons. The van der Waals surface area contributed by atoms with Crippen LogP contribution in [0.25, 0.3) is 0 Å². The standard InChI is InChI=1S/C13H21N3/c1-2-12-10-16(8-5-13(12)14)9-11-3-6-15-7-4-11/h3-4,6-7,12-13H,2,5,8-10,14H2,1H3. The highest BCUT2D eigenvalue weighted by atomic mass is 15.1. The highest BCUT2D eigenvalue weighted by molar-refractivity contribution is 5.09. The minimum Gasteiger partial charge on any atom is -0.327 e. The van der Waals surface area contributed by atoms with Crippen LogP contribution in [0.15, 0.2) is 24.5 Å².